The quantitative estimate of drug-likeness (QED) is 0.648. The molecule has 0 amide bonds. The number of carbonyl (C=O) groups is 1. The average molecular weight is 355 g/mol. The molecule has 136 valence electrons. The minimum Gasteiger partial charge on any atom is -0.455 e. The van der Waals surface area contributed by atoms with Crippen molar-refractivity contribution in [3.8, 4) is 0 Å². The molecule has 0 aromatic carbocycles. The molecule has 1 aliphatic rings. The first-order valence-electron chi connectivity index (χ1n) is 7.26. The molecular formula is C14H18F5N3O2. The molecule has 0 unspecified atom stereocenters. The third kappa shape index (κ3) is 3.46. The second kappa shape index (κ2) is 5.59. The smallest absolute Gasteiger partial charge is 0.455 e. The molecule has 24 heavy (non-hydrogen) atoms. The van der Waals surface area contributed by atoms with E-state index in [1.165, 1.54) is 6.92 Å². The van der Waals surface area contributed by atoms with Crippen LogP contribution in [-0.2, 0) is 4.74 Å². The van der Waals surface area contributed by atoms with Gasteiger partial charge in [0.25, 0.3) is 0 Å². The number of hydrogen-bond donors (Lipinski definition) is 1. The number of esters is 1. The Balaban J connectivity index is 2.41. The summed E-state index contributed by atoms with van der Waals surface area (Å²) in [5, 5.41) is 6.37. The van der Waals surface area contributed by atoms with Crippen molar-refractivity contribution in [2.24, 2.45) is 0 Å². The van der Waals surface area contributed by atoms with Gasteiger partial charge in [-0.1, -0.05) is 0 Å². The van der Waals surface area contributed by atoms with Crippen molar-refractivity contribution in [2.45, 2.75) is 63.9 Å². The molecule has 0 radical (unpaired) electrons. The molecule has 1 aromatic heterocycles. The minimum absolute atomic E-state index is 0.0801. The fourth-order valence-electron chi connectivity index (χ4n) is 2.41. The molecule has 1 N–H and O–H groups in total. The number of hydrogen-bond acceptors (Lipinski definition) is 4. The lowest BCUT2D eigenvalue weighted by molar-refractivity contribution is -0.301. The van der Waals surface area contributed by atoms with Crippen LogP contribution in [0.5, 0.6) is 0 Å². The molecule has 5 nitrogen and oxygen atoms in total. The van der Waals surface area contributed by atoms with Crippen LogP contribution in [0, 0.1) is 0 Å². The molecule has 0 saturated carbocycles. The highest BCUT2D eigenvalue weighted by Gasteiger charge is 2.64. The van der Waals surface area contributed by atoms with Crippen LogP contribution in [0.1, 0.15) is 50.6 Å². The number of aromatic nitrogens is 2. The number of alkyl halides is 5. The Hall–Kier alpha value is -1.87. The Labute approximate surface area is 135 Å². The number of carbonyl (C=O) groups excluding carboxylic acids is 1. The van der Waals surface area contributed by atoms with E-state index < -0.39 is 42.2 Å². The third-order valence-electron chi connectivity index (χ3n) is 3.41. The van der Waals surface area contributed by atoms with Crippen molar-refractivity contribution >= 4 is 11.8 Å². The fraction of sp³-hybridized carbons (Fsp3) is 0.714. The van der Waals surface area contributed by atoms with Gasteiger partial charge in [-0.2, -0.15) is 27.1 Å². The Bertz CT molecular complexity index is 633. The zero-order valence-corrected chi connectivity index (χ0v) is 13.5. The second-order valence-electron chi connectivity index (χ2n) is 6.78. The Morgan fingerprint density at radius 1 is 1.29 bits per heavy atom. The Kier molecular flexibility index (Phi) is 4.30. The van der Waals surface area contributed by atoms with E-state index in [4.69, 9.17) is 4.74 Å². The van der Waals surface area contributed by atoms with Crippen LogP contribution in [-0.4, -0.2) is 39.5 Å². The monoisotopic (exact) mass is 355 g/mol. The maximum Gasteiger partial charge on any atom is 0.455 e. The van der Waals surface area contributed by atoms with Crippen LogP contribution in [0.25, 0.3) is 0 Å². The van der Waals surface area contributed by atoms with Gasteiger partial charge >= 0.3 is 18.1 Å². The van der Waals surface area contributed by atoms with Crippen LogP contribution >= 0.6 is 0 Å². The second-order valence-corrected chi connectivity index (χ2v) is 6.78. The summed E-state index contributed by atoms with van der Waals surface area (Å²) in [6, 6.07) is -1.76. The van der Waals surface area contributed by atoms with Gasteiger partial charge in [-0.25, -0.2) is 9.48 Å². The van der Waals surface area contributed by atoms with Gasteiger partial charge in [0, 0.05) is 12.1 Å². The Morgan fingerprint density at radius 2 is 1.88 bits per heavy atom. The standard InChI is InChI=1S/C14H18F5N3O2/c1-7-5-9(13(15,16)14(17,18)19)22-10(20-7)6-8(21-22)11(23)24-12(2,3)4/h6-7,9,20H,5H2,1-4H3/t7-,9-/m1/s1. The lowest BCUT2D eigenvalue weighted by atomic mass is 9.99. The molecule has 0 spiro atoms. The van der Waals surface area contributed by atoms with Gasteiger partial charge in [0.05, 0.1) is 0 Å². The van der Waals surface area contributed by atoms with E-state index in [-0.39, 0.29) is 11.5 Å². The predicted molar refractivity (Wildman–Crippen MR) is 75.1 cm³/mol. The third-order valence-corrected chi connectivity index (χ3v) is 3.41. The van der Waals surface area contributed by atoms with Gasteiger partial charge in [-0.05, 0) is 34.1 Å². The van der Waals surface area contributed by atoms with Gasteiger partial charge in [0.15, 0.2) is 5.69 Å². The van der Waals surface area contributed by atoms with E-state index in [1.807, 2.05) is 0 Å². The first-order chi connectivity index (χ1) is 10.7. The van der Waals surface area contributed by atoms with Gasteiger partial charge < -0.3 is 10.1 Å². The summed E-state index contributed by atoms with van der Waals surface area (Å²) in [6.07, 6.45) is -6.21. The van der Waals surface area contributed by atoms with Crippen molar-refractivity contribution in [1.29, 1.82) is 0 Å². The first kappa shape index (κ1) is 18.5. The van der Waals surface area contributed by atoms with E-state index in [1.54, 1.807) is 20.8 Å². The highest BCUT2D eigenvalue weighted by atomic mass is 19.4. The normalized spacial score (nSPS) is 21.9. The maximum absolute atomic E-state index is 13.8. The van der Waals surface area contributed by atoms with Gasteiger partial charge in [0.1, 0.15) is 17.5 Å². The lowest BCUT2D eigenvalue weighted by Crippen LogP contribution is -2.48. The first-order valence-corrected chi connectivity index (χ1v) is 7.26. The summed E-state index contributed by atoms with van der Waals surface area (Å²) in [5.74, 6) is -5.95. The van der Waals surface area contributed by atoms with Crippen molar-refractivity contribution in [2.75, 3.05) is 5.32 Å². The van der Waals surface area contributed by atoms with E-state index in [0.717, 1.165) is 6.07 Å². The molecule has 0 fully saturated rings. The van der Waals surface area contributed by atoms with E-state index in [2.05, 4.69) is 10.4 Å². The lowest BCUT2D eigenvalue weighted by Gasteiger charge is -2.35. The molecule has 1 aromatic rings. The zero-order chi connectivity index (χ0) is 18.5. The zero-order valence-electron chi connectivity index (χ0n) is 13.5. The molecule has 0 bridgehead atoms. The van der Waals surface area contributed by atoms with E-state index in [0.29, 0.717) is 4.68 Å². The Morgan fingerprint density at radius 3 is 2.38 bits per heavy atom. The molecule has 2 heterocycles. The summed E-state index contributed by atoms with van der Waals surface area (Å²) >= 11 is 0. The molecule has 0 aliphatic carbocycles. The van der Waals surface area contributed by atoms with Crippen molar-refractivity contribution < 1.29 is 31.5 Å². The van der Waals surface area contributed by atoms with Gasteiger partial charge in [-0.3, -0.25) is 0 Å². The average Bonchev–Trinajstić information content (AvgIpc) is 2.77. The summed E-state index contributed by atoms with van der Waals surface area (Å²) in [4.78, 5) is 12.0. The van der Waals surface area contributed by atoms with Crippen molar-refractivity contribution in [3.63, 3.8) is 0 Å². The van der Waals surface area contributed by atoms with Crippen LogP contribution in [0.3, 0.4) is 0 Å². The topological polar surface area (TPSA) is 56.2 Å². The van der Waals surface area contributed by atoms with Crippen LogP contribution in [0.2, 0.25) is 0 Å². The number of fused-ring (bicyclic) bond motifs is 1. The highest BCUT2D eigenvalue weighted by molar-refractivity contribution is 5.88. The number of halogens is 5. The van der Waals surface area contributed by atoms with E-state index >= 15 is 0 Å². The molecular weight excluding hydrogens is 337 g/mol. The number of nitrogens with zero attached hydrogens (tertiary/aromatic N) is 2. The van der Waals surface area contributed by atoms with E-state index in [9.17, 15) is 26.7 Å². The van der Waals surface area contributed by atoms with Crippen LogP contribution in [0.4, 0.5) is 27.8 Å². The largest absolute Gasteiger partial charge is 0.455 e. The molecule has 10 heteroatoms. The molecule has 0 saturated heterocycles. The minimum atomic E-state index is -5.72. The fourth-order valence-corrected chi connectivity index (χ4v) is 2.41. The summed E-state index contributed by atoms with van der Waals surface area (Å²) in [5.41, 5.74) is -1.18. The van der Waals surface area contributed by atoms with Crippen molar-refractivity contribution in [3.05, 3.63) is 11.8 Å². The number of nitrogens with one attached hydrogen (secondary N) is 1. The highest BCUT2D eigenvalue weighted by Crippen LogP contribution is 2.47. The van der Waals surface area contributed by atoms with Crippen LogP contribution in [0.15, 0.2) is 6.07 Å². The summed E-state index contributed by atoms with van der Waals surface area (Å²) in [7, 11) is 0. The number of ether oxygens (including phenoxy) is 1. The maximum atomic E-state index is 13.8. The summed E-state index contributed by atoms with van der Waals surface area (Å²) in [6.45, 7) is 6.27. The molecule has 1 aliphatic heterocycles. The molecule has 2 atom stereocenters. The predicted octanol–water partition coefficient (Wildman–Crippen LogP) is 3.78. The van der Waals surface area contributed by atoms with Crippen LogP contribution < -0.4 is 5.32 Å². The SMILES string of the molecule is C[C@@H]1C[C@H](C(F)(F)C(F)(F)F)n2nc(C(=O)OC(C)(C)C)cc2N1. The van der Waals surface area contributed by atoms with Crippen molar-refractivity contribution in [1.82, 2.24) is 9.78 Å². The number of anilines is 1. The molecule has 2 rings (SSSR count). The summed E-state index contributed by atoms with van der Waals surface area (Å²) < 4.78 is 71.4. The number of rotatable bonds is 2. The van der Waals surface area contributed by atoms with Gasteiger partial charge in [-0.15, -0.1) is 0 Å². The van der Waals surface area contributed by atoms with Gasteiger partial charge in [0.2, 0.25) is 0 Å².